The van der Waals surface area contributed by atoms with E-state index in [9.17, 15) is 18.0 Å². The Kier molecular flexibility index (Phi) is 10.6. The first kappa shape index (κ1) is 29.1. The van der Waals surface area contributed by atoms with Crippen molar-refractivity contribution in [3.63, 3.8) is 0 Å². The molecule has 0 radical (unpaired) electrons. The molecule has 0 aliphatic carbocycles. The highest BCUT2D eigenvalue weighted by atomic mass is 32.2. The third-order valence-corrected chi connectivity index (χ3v) is 7.62. The fourth-order valence-corrected chi connectivity index (χ4v) is 5.53. The molecule has 0 spiro atoms. The Labute approximate surface area is 203 Å². The molecule has 0 fully saturated rings. The number of rotatable bonds is 13. The first-order chi connectivity index (χ1) is 15.1. The van der Waals surface area contributed by atoms with E-state index in [1.165, 1.54) is 6.26 Å². The predicted molar refractivity (Wildman–Crippen MR) is 136 cm³/mol. The molecule has 33 heavy (non-hydrogen) atoms. The zero-order chi connectivity index (χ0) is 25.3. The first-order valence-electron chi connectivity index (χ1n) is 11.0. The molecular formula is C24H38N3O4S2+. The Bertz CT molecular complexity index is 954. The van der Waals surface area contributed by atoms with Gasteiger partial charge in [0.2, 0.25) is 16.6 Å². The summed E-state index contributed by atoms with van der Waals surface area (Å²) in [6, 6.07) is 8.83. The van der Waals surface area contributed by atoms with E-state index in [1.807, 2.05) is 20.2 Å². The Morgan fingerprint density at radius 1 is 1.09 bits per heavy atom. The number of amides is 1. The second kappa shape index (κ2) is 12.0. The summed E-state index contributed by atoms with van der Waals surface area (Å²) < 4.78 is 22.2. The molecule has 1 aromatic rings. The number of hydrogen-bond acceptors (Lipinski definition) is 5. The maximum absolute atomic E-state index is 13.2. The lowest BCUT2D eigenvalue weighted by molar-refractivity contribution is -0.890. The third kappa shape index (κ3) is 11.2. The minimum absolute atomic E-state index is 0.174. The Morgan fingerprint density at radius 2 is 1.67 bits per heavy atom. The quantitative estimate of drug-likeness (QED) is 0.257. The maximum atomic E-state index is 13.2. The number of thioether (sulfide) groups is 1. The summed E-state index contributed by atoms with van der Waals surface area (Å²) in [7, 11) is 1.12. The normalized spacial score (nSPS) is 14.2. The SMILES string of the molecule is [C-]#[N+]C(C)(C)CC(C)(SC(=O)c1ccccc1)C(=O)NCCC[N+](C)(C)CCCS(C)(=O)=O. The number of carbonyl (C=O) groups excluding carboxylic acids is 2. The van der Waals surface area contributed by atoms with E-state index in [4.69, 9.17) is 6.57 Å². The Hall–Kier alpha value is -1.89. The summed E-state index contributed by atoms with van der Waals surface area (Å²) in [5.74, 6) is -0.0799. The van der Waals surface area contributed by atoms with Crippen molar-refractivity contribution in [2.24, 2.45) is 0 Å². The van der Waals surface area contributed by atoms with Crippen molar-refractivity contribution >= 4 is 32.6 Å². The van der Waals surface area contributed by atoms with Gasteiger partial charge in [0.25, 0.3) is 0 Å². The van der Waals surface area contributed by atoms with E-state index in [1.54, 1.807) is 45.0 Å². The first-order valence-corrected chi connectivity index (χ1v) is 13.9. The lowest BCUT2D eigenvalue weighted by atomic mass is 9.91. The van der Waals surface area contributed by atoms with Gasteiger partial charge in [-0.2, -0.15) is 0 Å². The van der Waals surface area contributed by atoms with Crippen LogP contribution in [0.4, 0.5) is 0 Å². The summed E-state index contributed by atoms with van der Waals surface area (Å²) in [6.07, 6.45) is 2.80. The van der Waals surface area contributed by atoms with Crippen molar-refractivity contribution in [3.05, 3.63) is 47.3 Å². The largest absolute Gasteiger partial charge is 0.355 e. The van der Waals surface area contributed by atoms with Gasteiger partial charge in [0.1, 0.15) is 14.6 Å². The lowest BCUT2D eigenvalue weighted by Gasteiger charge is -2.31. The van der Waals surface area contributed by atoms with Crippen LogP contribution < -0.4 is 5.32 Å². The molecule has 184 valence electrons. The van der Waals surface area contributed by atoms with Crippen LogP contribution in [0.3, 0.4) is 0 Å². The minimum Gasteiger partial charge on any atom is -0.355 e. The van der Waals surface area contributed by atoms with Crippen molar-refractivity contribution in [1.82, 2.24) is 5.32 Å². The van der Waals surface area contributed by atoms with Gasteiger partial charge in [0.15, 0.2) is 0 Å². The standard InChI is InChI=1S/C24H37N3O4S2/c1-23(2,25-4)19-24(3,32-21(28)20-13-9-8-10-14-20)22(29)26-15-11-16-27(5,6)17-12-18-33(7,30)31/h8-10,13-14H,11-12,15-19H2,1-3,5-7H3/p+1. The fourth-order valence-electron chi connectivity index (χ4n) is 3.63. The number of nitrogens with one attached hydrogen (secondary N) is 1. The maximum Gasteiger partial charge on any atom is 0.236 e. The zero-order valence-corrected chi connectivity index (χ0v) is 22.3. The van der Waals surface area contributed by atoms with E-state index < -0.39 is 20.1 Å². The van der Waals surface area contributed by atoms with Gasteiger partial charge in [0, 0.05) is 51.5 Å². The lowest BCUT2D eigenvalue weighted by Crippen LogP contribution is -2.48. The van der Waals surface area contributed by atoms with E-state index in [2.05, 4.69) is 10.2 Å². The van der Waals surface area contributed by atoms with Gasteiger partial charge in [-0.05, 0) is 6.92 Å². The minimum atomic E-state index is -2.96. The molecule has 0 bridgehead atoms. The van der Waals surface area contributed by atoms with E-state index in [0.29, 0.717) is 23.0 Å². The molecule has 0 aliphatic heterocycles. The molecule has 0 saturated carbocycles. The van der Waals surface area contributed by atoms with Gasteiger partial charge in [-0.1, -0.05) is 42.1 Å². The number of sulfone groups is 1. The number of benzene rings is 1. The Morgan fingerprint density at radius 3 is 2.21 bits per heavy atom. The molecule has 0 saturated heterocycles. The van der Waals surface area contributed by atoms with Gasteiger partial charge in [-0.25, -0.2) is 15.0 Å². The molecule has 0 aliphatic rings. The van der Waals surface area contributed by atoms with Gasteiger partial charge >= 0.3 is 0 Å². The van der Waals surface area contributed by atoms with Crippen molar-refractivity contribution in [2.45, 2.75) is 50.3 Å². The summed E-state index contributed by atoms with van der Waals surface area (Å²) in [4.78, 5) is 29.6. The number of quaternary nitrogens is 1. The monoisotopic (exact) mass is 496 g/mol. The zero-order valence-electron chi connectivity index (χ0n) is 20.7. The highest BCUT2D eigenvalue weighted by molar-refractivity contribution is 8.15. The average molecular weight is 497 g/mol. The highest BCUT2D eigenvalue weighted by Gasteiger charge is 2.44. The molecule has 1 atom stereocenters. The van der Waals surface area contributed by atoms with E-state index in [-0.39, 0.29) is 23.2 Å². The second-order valence-electron chi connectivity index (χ2n) is 10.1. The van der Waals surface area contributed by atoms with Crippen LogP contribution in [0.25, 0.3) is 4.85 Å². The van der Waals surface area contributed by atoms with Crippen molar-refractivity contribution in [3.8, 4) is 0 Å². The summed E-state index contributed by atoms with van der Waals surface area (Å²) in [5, 5.41) is 2.76. The summed E-state index contributed by atoms with van der Waals surface area (Å²) in [6.45, 7) is 14.7. The van der Waals surface area contributed by atoms with Gasteiger partial charge in [0.05, 0.1) is 32.9 Å². The number of carbonyl (C=O) groups is 2. The highest BCUT2D eigenvalue weighted by Crippen LogP contribution is 2.37. The average Bonchev–Trinajstić information content (AvgIpc) is 2.70. The predicted octanol–water partition coefficient (Wildman–Crippen LogP) is 3.42. The molecule has 1 aromatic carbocycles. The summed E-state index contributed by atoms with van der Waals surface area (Å²) >= 11 is 0.972. The molecule has 1 amide bonds. The van der Waals surface area contributed by atoms with Gasteiger partial charge < -0.3 is 14.6 Å². The number of nitrogens with zero attached hydrogens (tertiary/aromatic N) is 2. The smallest absolute Gasteiger partial charge is 0.236 e. The second-order valence-corrected chi connectivity index (χ2v) is 13.8. The van der Waals surface area contributed by atoms with Crippen molar-refractivity contribution < 1.29 is 22.5 Å². The van der Waals surface area contributed by atoms with Crippen LogP contribution >= 0.6 is 11.8 Å². The molecule has 7 nitrogen and oxygen atoms in total. The van der Waals surface area contributed by atoms with Crippen LogP contribution in [0.5, 0.6) is 0 Å². The van der Waals surface area contributed by atoms with Crippen molar-refractivity contribution in [2.75, 3.05) is 45.7 Å². The van der Waals surface area contributed by atoms with E-state index in [0.717, 1.165) is 31.3 Å². The van der Waals surface area contributed by atoms with Crippen LogP contribution in [0.1, 0.15) is 50.4 Å². The molecule has 9 heteroatoms. The van der Waals surface area contributed by atoms with E-state index >= 15 is 0 Å². The molecule has 1 unspecified atom stereocenters. The molecule has 1 rings (SSSR count). The van der Waals surface area contributed by atoms with Crippen LogP contribution in [0.15, 0.2) is 30.3 Å². The van der Waals surface area contributed by atoms with Crippen molar-refractivity contribution in [1.29, 1.82) is 0 Å². The van der Waals surface area contributed by atoms with Crippen LogP contribution in [0.2, 0.25) is 0 Å². The molecule has 0 aromatic heterocycles. The molecule has 1 N–H and O–H groups in total. The van der Waals surface area contributed by atoms with Crippen LogP contribution in [0, 0.1) is 6.57 Å². The number of hydrogen-bond donors (Lipinski definition) is 1. The topological polar surface area (TPSA) is 84.7 Å². The van der Waals surface area contributed by atoms with Crippen LogP contribution in [-0.4, -0.2) is 79.9 Å². The Balaban J connectivity index is 2.74. The molecular weight excluding hydrogens is 458 g/mol. The fraction of sp³-hybridized carbons (Fsp3) is 0.625. The third-order valence-electron chi connectivity index (χ3n) is 5.38. The van der Waals surface area contributed by atoms with Gasteiger partial charge in [-0.3, -0.25) is 9.59 Å². The summed E-state index contributed by atoms with van der Waals surface area (Å²) in [5.41, 5.74) is -0.260. The van der Waals surface area contributed by atoms with Crippen LogP contribution in [-0.2, 0) is 14.6 Å². The van der Waals surface area contributed by atoms with Gasteiger partial charge in [-0.15, -0.1) is 0 Å². The molecule has 0 heterocycles.